The number of amides is 2. The van der Waals surface area contributed by atoms with Crippen LogP contribution in [0.4, 0.5) is 18.9 Å². The molecular formula is C17H17ClF3N3O3. The van der Waals surface area contributed by atoms with Gasteiger partial charge in [-0.1, -0.05) is 11.6 Å². The largest absolute Gasteiger partial charge is 0.416 e. The molecule has 6 nitrogen and oxygen atoms in total. The van der Waals surface area contributed by atoms with Crippen LogP contribution in [0.2, 0.25) is 0 Å². The molecule has 3 rings (SSSR count). The lowest BCUT2D eigenvalue weighted by Crippen LogP contribution is -2.48. The third kappa shape index (κ3) is 3.80. The van der Waals surface area contributed by atoms with Crippen LogP contribution in [-0.4, -0.2) is 66.1 Å². The van der Waals surface area contributed by atoms with Crippen molar-refractivity contribution in [3.63, 3.8) is 0 Å². The van der Waals surface area contributed by atoms with Gasteiger partial charge in [0.15, 0.2) is 0 Å². The molecular weight excluding hydrogens is 387 g/mol. The molecule has 2 amide bonds. The van der Waals surface area contributed by atoms with E-state index in [2.05, 4.69) is 0 Å². The van der Waals surface area contributed by atoms with E-state index in [1.807, 2.05) is 4.90 Å². The summed E-state index contributed by atoms with van der Waals surface area (Å²) in [4.78, 5) is 29.7. The molecule has 2 aliphatic rings. The number of hydrogen-bond donors (Lipinski definition) is 1. The summed E-state index contributed by atoms with van der Waals surface area (Å²) in [6, 6.07) is 3.78. The molecule has 0 atom stereocenters. The molecule has 0 radical (unpaired) electrons. The van der Waals surface area contributed by atoms with Crippen LogP contribution in [0.1, 0.15) is 5.56 Å². The van der Waals surface area contributed by atoms with Gasteiger partial charge in [0.05, 0.1) is 17.9 Å². The molecule has 0 saturated carbocycles. The highest BCUT2D eigenvalue weighted by Gasteiger charge is 2.42. The third-order valence-corrected chi connectivity index (χ3v) is 4.90. The van der Waals surface area contributed by atoms with Gasteiger partial charge in [0, 0.05) is 32.7 Å². The van der Waals surface area contributed by atoms with Crippen molar-refractivity contribution in [2.45, 2.75) is 6.18 Å². The van der Waals surface area contributed by atoms with Gasteiger partial charge in [-0.25, -0.2) is 4.90 Å². The Morgan fingerprint density at radius 2 is 1.59 bits per heavy atom. The molecule has 0 aromatic heterocycles. The SMILES string of the molecule is O=C1C(Cl)=C(N2CCN(CCO)CC2)C(=O)N1c1ccc(C(F)(F)F)cc1. The minimum absolute atomic E-state index is 0.0303. The molecule has 1 aromatic rings. The molecule has 1 saturated heterocycles. The molecule has 1 N–H and O–H groups in total. The van der Waals surface area contributed by atoms with Gasteiger partial charge in [-0.05, 0) is 24.3 Å². The number of aliphatic hydroxyl groups is 1. The van der Waals surface area contributed by atoms with E-state index in [1.165, 1.54) is 0 Å². The fourth-order valence-corrected chi connectivity index (χ4v) is 3.42. The first kappa shape index (κ1) is 19.7. The highest BCUT2D eigenvalue weighted by atomic mass is 35.5. The molecule has 0 aliphatic carbocycles. The molecule has 0 bridgehead atoms. The zero-order valence-electron chi connectivity index (χ0n) is 14.2. The first-order valence-corrected chi connectivity index (χ1v) is 8.66. The van der Waals surface area contributed by atoms with Gasteiger partial charge in [-0.15, -0.1) is 0 Å². The zero-order valence-corrected chi connectivity index (χ0v) is 14.9. The quantitative estimate of drug-likeness (QED) is 0.774. The van der Waals surface area contributed by atoms with Crippen LogP contribution < -0.4 is 4.90 Å². The number of halogens is 4. The monoisotopic (exact) mass is 403 g/mol. The van der Waals surface area contributed by atoms with Gasteiger partial charge in [0.2, 0.25) is 0 Å². The van der Waals surface area contributed by atoms with E-state index < -0.39 is 23.6 Å². The minimum Gasteiger partial charge on any atom is -0.395 e. The molecule has 10 heteroatoms. The van der Waals surface area contributed by atoms with E-state index in [-0.39, 0.29) is 23.0 Å². The van der Waals surface area contributed by atoms with Crippen molar-refractivity contribution in [3.05, 3.63) is 40.6 Å². The summed E-state index contributed by atoms with van der Waals surface area (Å²) in [5.74, 6) is -1.41. The summed E-state index contributed by atoms with van der Waals surface area (Å²) in [5.41, 5.74) is -0.778. The summed E-state index contributed by atoms with van der Waals surface area (Å²) in [6.45, 7) is 2.64. The summed E-state index contributed by atoms with van der Waals surface area (Å²) >= 11 is 6.10. The van der Waals surface area contributed by atoms with Gasteiger partial charge < -0.3 is 10.0 Å². The lowest BCUT2D eigenvalue weighted by atomic mass is 10.2. The van der Waals surface area contributed by atoms with E-state index in [4.69, 9.17) is 16.7 Å². The van der Waals surface area contributed by atoms with Crippen molar-refractivity contribution in [1.29, 1.82) is 0 Å². The molecule has 0 unspecified atom stereocenters. The van der Waals surface area contributed by atoms with Gasteiger partial charge in [-0.2, -0.15) is 13.2 Å². The standard InChI is InChI=1S/C17H17ClF3N3O3/c18-13-14(23-7-5-22(6-8-23)9-10-25)16(27)24(15(13)26)12-3-1-11(2-4-12)17(19,20)21/h1-4,25H,5-10H2. The fraction of sp³-hybridized carbons (Fsp3) is 0.412. The second-order valence-electron chi connectivity index (χ2n) is 6.21. The Kier molecular flexibility index (Phi) is 5.45. The van der Waals surface area contributed by atoms with Crippen molar-refractivity contribution in [3.8, 4) is 0 Å². The Balaban J connectivity index is 1.78. The number of β-amino-alcohol motifs (C(OH)–C–C–N with tert-alkyl or cyclic N) is 1. The number of hydrogen-bond acceptors (Lipinski definition) is 5. The third-order valence-electron chi connectivity index (χ3n) is 4.56. The molecule has 146 valence electrons. The number of nitrogens with zero attached hydrogens (tertiary/aromatic N) is 3. The van der Waals surface area contributed by atoms with Crippen molar-refractivity contribution >= 4 is 29.1 Å². The van der Waals surface area contributed by atoms with Gasteiger partial charge >= 0.3 is 6.18 Å². The molecule has 0 spiro atoms. The van der Waals surface area contributed by atoms with Gasteiger partial charge in [-0.3, -0.25) is 14.5 Å². The maximum atomic E-state index is 12.8. The zero-order chi connectivity index (χ0) is 19.8. The number of benzene rings is 1. The number of alkyl halides is 3. The van der Waals surface area contributed by atoms with Crippen molar-refractivity contribution in [2.75, 3.05) is 44.2 Å². The van der Waals surface area contributed by atoms with Gasteiger partial charge in [0.1, 0.15) is 10.7 Å². The number of anilines is 1. The number of imide groups is 1. The first-order valence-electron chi connectivity index (χ1n) is 8.28. The summed E-state index contributed by atoms with van der Waals surface area (Å²) in [6.07, 6.45) is -4.51. The fourth-order valence-electron chi connectivity index (χ4n) is 3.14. The number of rotatable bonds is 4. The number of aliphatic hydroxyl groups excluding tert-OH is 1. The topological polar surface area (TPSA) is 64.1 Å². The lowest BCUT2D eigenvalue weighted by molar-refractivity contribution is -0.137. The predicted octanol–water partition coefficient (Wildman–Crippen LogP) is 1.64. The van der Waals surface area contributed by atoms with Crippen LogP contribution in [0, 0.1) is 0 Å². The van der Waals surface area contributed by atoms with Crippen LogP contribution in [0.5, 0.6) is 0 Å². The maximum Gasteiger partial charge on any atom is 0.416 e. The smallest absolute Gasteiger partial charge is 0.395 e. The highest BCUT2D eigenvalue weighted by Crippen LogP contribution is 2.34. The minimum atomic E-state index is -4.51. The molecule has 2 aliphatic heterocycles. The Labute approximate surface area is 158 Å². The van der Waals surface area contributed by atoms with E-state index in [1.54, 1.807) is 4.90 Å². The predicted molar refractivity (Wildman–Crippen MR) is 91.9 cm³/mol. The molecule has 1 fully saturated rings. The summed E-state index contributed by atoms with van der Waals surface area (Å²) < 4.78 is 38.1. The lowest BCUT2D eigenvalue weighted by Gasteiger charge is -2.35. The summed E-state index contributed by atoms with van der Waals surface area (Å²) in [7, 11) is 0. The molecule has 2 heterocycles. The Bertz CT molecular complexity index is 772. The summed E-state index contributed by atoms with van der Waals surface area (Å²) in [5, 5.41) is 8.74. The van der Waals surface area contributed by atoms with Crippen LogP contribution in [0.3, 0.4) is 0 Å². The average molecular weight is 404 g/mol. The maximum absolute atomic E-state index is 12.8. The normalized spacial score (nSPS) is 19.4. The molecule has 27 heavy (non-hydrogen) atoms. The number of carbonyl (C=O) groups excluding carboxylic acids is 2. The van der Waals surface area contributed by atoms with Crippen LogP contribution >= 0.6 is 11.6 Å². The van der Waals surface area contributed by atoms with Crippen molar-refractivity contribution in [1.82, 2.24) is 9.80 Å². The van der Waals surface area contributed by atoms with Crippen molar-refractivity contribution in [2.24, 2.45) is 0 Å². The average Bonchev–Trinajstić information content (AvgIpc) is 2.85. The molecule has 1 aromatic carbocycles. The highest BCUT2D eigenvalue weighted by molar-refractivity contribution is 6.52. The van der Waals surface area contributed by atoms with Gasteiger partial charge in [0.25, 0.3) is 11.8 Å². The van der Waals surface area contributed by atoms with Crippen LogP contribution in [0.25, 0.3) is 0 Å². The number of carbonyl (C=O) groups is 2. The Morgan fingerprint density at radius 1 is 1.00 bits per heavy atom. The van der Waals surface area contributed by atoms with E-state index in [0.717, 1.165) is 29.2 Å². The Hall–Kier alpha value is -2.10. The second-order valence-corrected chi connectivity index (χ2v) is 6.58. The van der Waals surface area contributed by atoms with E-state index >= 15 is 0 Å². The first-order chi connectivity index (χ1) is 12.7. The van der Waals surface area contributed by atoms with Crippen molar-refractivity contribution < 1.29 is 27.9 Å². The Morgan fingerprint density at radius 3 is 2.11 bits per heavy atom. The van der Waals surface area contributed by atoms with Crippen LogP contribution in [-0.2, 0) is 15.8 Å². The van der Waals surface area contributed by atoms with E-state index in [9.17, 15) is 22.8 Å². The number of piperazine rings is 1. The van der Waals surface area contributed by atoms with Crippen LogP contribution in [0.15, 0.2) is 35.0 Å². The second kappa shape index (κ2) is 7.49. The van der Waals surface area contributed by atoms with E-state index in [0.29, 0.717) is 32.7 Å².